The molecule has 2 aromatic rings. The highest BCUT2D eigenvalue weighted by molar-refractivity contribution is 7.10. The molecule has 0 aliphatic carbocycles. The monoisotopic (exact) mass is 307 g/mol. The van der Waals surface area contributed by atoms with Crippen LogP contribution in [0.1, 0.15) is 48.0 Å². The zero-order valence-corrected chi connectivity index (χ0v) is 12.8. The number of hydrogen-bond donors (Lipinski definition) is 1. The van der Waals surface area contributed by atoms with E-state index in [4.69, 9.17) is 4.52 Å². The summed E-state index contributed by atoms with van der Waals surface area (Å²) in [6.07, 6.45) is 0.867. The lowest BCUT2D eigenvalue weighted by molar-refractivity contribution is -0.144. The average molecular weight is 307 g/mol. The minimum absolute atomic E-state index is 0.173. The Bertz CT molecular complexity index is 649. The second kappa shape index (κ2) is 5.57. The highest BCUT2D eigenvalue weighted by Gasteiger charge is 2.34. The molecule has 0 spiro atoms. The number of nitrogens with zero attached hydrogens (tertiary/aromatic N) is 3. The fourth-order valence-electron chi connectivity index (χ4n) is 2.58. The molecule has 0 fully saturated rings. The second-order valence-electron chi connectivity index (χ2n) is 5.46. The molecular weight excluding hydrogens is 290 g/mol. The van der Waals surface area contributed by atoms with E-state index in [1.54, 1.807) is 11.3 Å². The van der Waals surface area contributed by atoms with Gasteiger partial charge < -0.3 is 9.63 Å². The van der Waals surface area contributed by atoms with E-state index in [2.05, 4.69) is 10.1 Å². The number of carboxylic acids is 1. The van der Waals surface area contributed by atoms with Gasteiger partial charge in [-0.3, -0.25) is 9.69 Å². The summed E-state index contributed by atoms with van der Waals surface area (Å²) in [5.74, 6) is 0.474. The van der Waals surface area contributed by atoms with E-state index in [1.165, 1.54) is 0 Å². The van der Waals surface area contributed by atoms with Crippen molar-refractivity contribution >= 4 is 17.3 Å². The highest BCUT2D eigenvalue weighted by Crippen LogP contribution is 2.34. The molecule has 112 valence electrons. The van der Waals surface area contributed by atoms with Gasteiger partial charge in [-0.1, -0.05) is 19.0 Å². The standard InChI is InChI=1S/C14H17N3O3S/c1-8(2)13-15-11(16-20-13)7-17-5-3-10-9(4-6-21-10)12(17)14(18)19/h4,6,8,12H,3,5,7H2,1-2H3,(H,18,19). The minimum Gasteiger partial charge on any atom is -0.480 e. The molecule has 0 aromatic carbocycles. The molecule has 0 saturated heterocycles. The van der Waals surface area contributed by atoms with Crippen molar-refractivity contribution in [1.82, 2.24) is 15.0 Å². The van der Waals surface area contributed by atoms with Crippen LogP contribution >= 0.6 is 11.3 Å². The summed E-state index contributed by atoms with van der Waals surface area (Å²) in [6.45, 7) is 5.05. The number of fused-ring (bicyclic) bond motifs is 1. The maximum Gasteiger partial charge on any atom is 0.325 e. The third kappa shape index (κ3) is 2.71. The van der Waals surface area contributed by atoms with Crippen molar-refractivity contribution in [1.29, 1.82) is 0 Å². The number of carbonyl (C=O) groups is 1. The Kier molecular flexibility index (Phi) is 3.77. The molecule has 0 radical (unpaired) electrons. The molecule has 1 atom stereocenters. The van der Waals surface area contributed by atoms with Crippen molar-refractivity contribution in [2.24, 2.45) is 0 Å². The Labute approximate surface area is 126 Å². The van der Waals surface area contributed by atoms with Gasteiger partial charge in [-0.25, -0.2) is 0 Å². The lowest BCUT2D eigenvalue weighted by Crippen LogP contribution is -2.38. The molecule has 0 bridgehead atoms. The second-order valence-corrected chi connectivity index (χ2v) is 6.46. The Morgan fingerprint density at radius 1 is 1.62 bits per heavy atom. The first-order valence-corrected chi connectivity index (χ1v) is 7.80. The Morgan fingerprint density at radius 2 is 2.43 bits per heavy atom. The Morgan fingerprint density at radius 3 is 3.10 bits per heavy atom. The number of aromatic nitrogens is 2. The van der Waals surface area contributed by atoms with E-state index in [1.807, 2.05) is 30.2 Å². The third-order valence-corrected chi connectivity index (χ3v) is 4.62. The molecule has 2 aromatic heterocycles. The summed E-state index contributed by atoms with van der Waals surface area (Å²) >= 11 is 1.62. The molecule has 1 unspecified atom stereocenters. The predicted molar refractivity (Wildman–Crippen MR) is 77.2 cm³/mol. The quantitative estimate of drug-likeness (QED) is 0.934. The van der Waals surface area contributed by atoms with Gasteiger partial charge in [0.15, 0.2) is 5.82 Å². The molecule has 3 rings (SSSR count). The fourth-order valence-corrected chi connectivity index (χ4v) is 3.48. The van der Waals surface area contributed by atoms with E-state index in [9.17, 15) is 9.90 Å². The van der Waals surface area contributed by atoms with Crippen molar-refractivity contribution in [3.8, 4) is 0 Å². The normalized spacial score (nSPS) is 18.9. The first-order chi connectivity index (χ1) is 10.1. The maximum atomic E-state index is 11.6. The number of carboxylic acid groups (broad SMARTS) is 1. The van der Waals surface area contributed by atoms with Crippen molar-refractivity contribution in [3.05, 3.63) is 33.6 Å². The summed E-state index contributed by atoms with van der Waals surface area (Å²) < 4.78 is 5.18. The number of thiophene rings is 1. The summed E-state index contributed by atoms with van der Waals surface area (Å²) in [6, 6.07) is 1.28. The van der Waals surface area contributed by atoms with E-state index < -0.39 is 12.0 Å². The minimum atomic E-state index is -0.832. The topological polar surface area (TPSA) is 79.5 Å². The van der Waals surface area contributed by atoms with Crippen molar-refractivity contribution < 1.29 is 14.4 Å². The summed E-state index contributed by atoms with van der Waals surface area (Å²) in [7, 11) is 0. The van der Waals surface area contributed by atoms with Crippen LogP contribution in [0.4, 0.5) is 0 Å². The smallest absolute Gasteiger partial charge is 0.325 e. The number of aliphatic carboxylic acids is 1. The SMILES string of the molecule is CC(C)c1nc(CN2CCc3sccc3C2C(=O)O)no1. The van der Waals surface area contributed by atoms with Crippen LogP contribution in [0, 0.1) is 0 Å². The van der Waals surface area contributed by atoms with Crippen LogP contribution in [0.3, 0.4) is 0 Å². The van der Waals surface area contributed by atoms with E-state index in [0.717, 1.165) is 16.9 Å². The van der Waals surface area contributed by atoms with Crippen LogP contribution < -0.4 is 0 Å². The van der Waals surface area contributed by atoms with Crippen molar-refractivity contribution in [2.75, 3.05) is 6.54 Å². The van der Waals surface area contributed by atoms with Crippen LogP contribution in [0.25, 0.3) is 0 Å². The van der Waals surface area contributed by atoms with Gasteiger partial charge in [-0.05, 0) is 23.4 Å². The lowest BCUT2D eigenvalue weighted by Gasteiger charge is -2.31. The van der Waals surface area contributed by atoms with Crippen molar-refractivity contribution in [2.45, 2.75) is 38.8 Å². The van der Waals surface area contributed by atoms with Crippen LogP contribution in [0.2, 0.25) is 0 Å². The van der Waals surface area contributed by atoms with E-state index in [0.29, 0.717) is 24.8 Å². The molecule has 0 amide bonds. The van der Waals surface area contributed by atoms with E-state index >= 15 is 0 Å². The Hall–Kier alpha value is -1.73. The lowest BCUT2D eigenvalue weighted by atomic mass is 10.00. The zero-order chi connectivity index (χ0) is 15.0. The molecule has 0 saturated carbocycles. The van der Waals surface area contributed by atoms with Gasteiger partial charge in [0.25, 0.3) is 0 Å². The summed E-state index contributed by atoms with van der Waals surface area (Å²) in [5, 5.41) is 15.4. The molecule has 6 nitrogen and oxygen atoms in total. The van der Waals surface area contributed by atoms with Gasteiger partial charge in [0.1, 0.15) is 6.04 Å². The molecular formula is C14H17N3O3S. The van der Waals surface area contributed by atoms with Crippen LogP contribution in [-0.2, 0) is 17.8 Å². The van der Waals surface area contributed by atoms with E-state index in [-0.39, 0.29) is 5.92 Å². The van der Waals surface area contributed by atoms with Gasteiger partial charge in [-0.2, -0.15) is 4.98 Å². The summed E-state index contributed by atoms with van der Waals surface area (Å²) in [4.78, 5) is 19.0. The molecule has 1 aliphatic rings. The zero-order valence-electron chi connectivity index (χ0n) is 11.9. The molecule has 3 heterocycles. The van der Waals surface area contributed by atoms with Gasteiger partial charge in [0.2, 0.25) is 5.89 Å². The molecule has 21 heavy (non-hydrogen) atoms. The van der Waals surface area contributed by atoms with Crippen molar-refractivity contribution in [3.63, 3.8) is 0 Å². The highest BCUT2D eigenvalue weighted by atomic mass is 32.1. The van der Waals surface area contributed by atoms with Gasteiger partial charge in [-0.15, -0.1) is 11.3 Å². The Balaban J connectivity index is 1.82. The van der Waals surface area contributed by atoms with Crippen LogP contribution in [-0.4, -0.2) is 32.7 Å². The first kappa shape index (κ1) is 14.2. The first-order valence-electron chi connectivity index (χ1n) is 6.92. The van der Waals surface area contributed by atoms with Crippen LogP contribution in [0.5, 0.6) is 0 Å². The van der Waals surface area contributed by atoms with Gasteiger partial charge in [0, 0.05) is 17.3 Å². The van der Waals surface area contributed by atoms with Crippen LogP contribution in [0.15, 0.2) is 16.0 Å². The largest absolute Gasteiger partial charge is 0.480 e. The fraction of sp³-hybridized carbons (Fsp3) is 0.500. The number of rotatable bonds is 4. The maximum absolute atomic E-state index is 11.6. The predicted octanol–water partition coefficient (Wildman–Crippen LogP) is 2.44. The summed E-state index contributed by atoms with van der Waals surface area (Å²) in [5.41, 5.74) is 0.895. The molecule has 1 aliphatic heterocycles. The number of hydrogen-bond acceptors (Lipinski definition) is 6. The van der Waals surface area contributed by atoms with Gasteiger partial charge in [0.05, 0.1) is 6.54 Å². The average Bonchev–Trinajstić information content (AvgIpc) is 3.06. The van der Waals surface area contributed by atoms with Gasteiger partial charge >= 0.3 is 5.97 Å². The molecule has 7 heteroatoms. The third-order valence-electron chi connectivity index (χ3n) is 3.62. The molecule has 1 N–H and O–H groups in total.